The molecular formula is C20H19NO4. The van der Waals surface area contributed by atoms with E-state index in [2.05, 4.69) is 11.1 Å². The Morgan fingerprint density at radius 3 is 2.88 bits per heavy atom. The number of rotatable bonds is 2. The summed E-state index contributed by atoms with van der Waals surface area (Å²) in [6.45, 7) is 5.44. The SMILES string of the molecule is CC(=O)OCC1(C)C=Cc2c(c(C)cc3c2[nH]c2cc(O)ccc23)O1. The van der Waals surface area contributed by atoms with Crippen LogP contribution in [0.15, 0.2) is 30.3 Å². The molecule has 2 heterocycles. The summed E-state index contributed by atoms with van der Waals surface area (Å²) >= 11 is 0. The quantitative estimate of drug-likeness (QED) is 0.692. The molecule has 128 valence electrons. The van der Waals surface area contributed by atoms with Crippen LogP contribution in [0.2, 0.25) is 0 Å². The lowest BCUT2D eigenvalue weighted by molar-refractivity contribution is -0.145. The summed E-state index contributed by atoms with van der Waals surface area (Å²) in [5.41, 5.74) is 3.12. The van der Waals surface area contributed by atoms with Crippen LogP contribution in [0.5, 0.6) is 11.5 Å². The highest BCUT2D eigenvalue weighted by Crippen LogP contribution is 2.41. The van der Waals surface area contributed by atoms with E-state index in [0.29, 0.717) is 0 Å². The maximum Gasteiger partial charge on any atom is 0.302 e. The summed E-state index contributed by atoms with van der Waals surface area (Å²) in [6.07, 6.45) is 3.92. The van der Waals surface area contributed by atoms with Crippen LogP contribution in [0.25, 0.3) is 27.9 Å². The summed E-state index contributed by atoms with van der Waals surface area (Å²) in [6, 6.07) is 7.39. The van der Waals surface area contributed by atoms with Crippen LogP contribution in [-0.2, 0) is 9.53 Å². The van der Waals surface area contributed by atoms with Gasteiger partial charge in [0, 0.05) is 29.3 Å². The summed E-state index contributed by atoms with van der Waals surface area (Å²) in [4.78, 5) is 14.5. The van der Waals surface area contributed by atoms with Crippen LogP contribution < -0.4 is 4.74 Å². The number of aryl methyl sites for hydroxylation is 1. The standard InChI is InChI=1S/C20H19NO4/c1-11-8-16-14-5-4-13(23)9-17(14)21-18(16)15-6-7-20(3,25-19(11)15)10-24-12(2)22/h4-9,21,23H,10H2,1-3H3. The molecule has 1 aliphatic heterocycles. The Morgan fingerprint density at radius 2 is 2.12 bits per heavy atom. The summed E-state index contributed by atoms with van der Waals surface area (Å²) < 4.78 is 11.3. The van der Waals surface area contributed by atoms with Gasteiger partial charge in [0.2, 0.25) is 0 Å². The molecular weight excluding hydrogens is 318 g/mol. The van der Waals surface area contributed by atoms with E-state index < -0.39 is 5.60 Å². The van der Waals surface area contributed by atoms with Gasteiger partial charge in [-0.25, -0.2) is 0 Å². The van der Waals surface area contributed by atoms with Gasteiger partial charge < -0.3 is 19.6 Å². The third kappa shape index (κ3) is 2.52. The molecule has 1 unspecified atom stereocenters. The Labute approximate surface area is 144 Å². The number of hydrogen-bond acceptors (Lipinski definition) is 4. The maximum absolute atomic E-state index is 11.1. The van der Waals surface area contributed by atoms with Gasteiger partial charge in [-0.1, -0.05) is 0 Å². The molecule has 3 aromatic rings. The van der Waals surface area contributed by atoms with Crippen LogP contribution >= 0.6 is 0 Å². The van der Waals surface area contributed by atoms with Gasteiger partial charge in [-0.15, -0.1) is 0 Å². The zero-order valence-electron chi connectivity index (χ0n) is 14.3. The van der Waals surface area contributed by atoms with E-state index >= 15 is 0 Å². The van der Waals surface area contributed by atoms with Gasteiger partial charge in [0.1, 0.15) is 18.1 Å². The highest BCUT2D eigenvalue weighted by molar-refractivity contribution is 6.11. The molecule has 0 bridgehead atoms. The second-order valence-corrected chi connectivity index (χ2v) is 6.74. The number of esters is 1. The molecule has 1 aromatic heterocycles. The second kappa shape index (κ2) is 5.28. The maximum atomic E-state index is 11.1. The Kier molecular flexibility index (Phi) is 3.29. The summed E-state index contributed by atoms with van der Waals surface area (Å²) in [5, 5.41) is 11.9. The van der Waals surface area contributed by atoms with E-state index in [9.17, 15) is 9.90 Å². The topological polar surface area (TPSA) is 71.6 Å². The Balaban J connectivity index is 1.87. The van der Waals surface area contributed by atoms with Gasteiger partial charge in [-0.05, 0) is 49.8 Å². The van der Waals surface area contributed by atoms with Gasteiger partial charge in [-0.2, -0.15) is 0 Å². The molecule has 0 aliphatic carbocycles. The first-order chi connectivity index (χ1) is 11.9. The molecule has 2 aromatic carbocycles. The lowest BCUT2D eigenvalue weighted by Gasteiger charge is -2.32. The predicted octanol–water partition coefficient (Wildman–Crippen LogP) is 4.06. The van der Waals surface area contributed by atoms with Gasteiger partial charge in [-0.3, -0.25) is 4.79 Å². The highest BCUT2D eigenvalue weighted by Gasteiger charge is 2.31. The van der Waals surface area contributed by atoms with Crippen molar-refractivity contribution in [3.8, 4) is 11.5 Å². The van der Waals surface area contributed by atoms with Crippen molar-refractivity contribution in [1.29, 1.82) is 0 Å². The highest BCUT2D eigenvalue weighted by atomic mass is 16.6. The lowest BCUT2D eigenvalue weighted by Crippen LogP contribution is -2.38. The van der Waals surface area contributed by atoms with E-state index in [-0.39, 0.29) is 18.3 Å². The van der Waals surface area contributed by atoms with Gasteiger partial charge >= 0.3 is 5.97 Å². The summed E-state index contributed by atoms with van der Waals surface area (Å²) in [7, 11) is 0. The number of carbonyl (C=O) groups excluding carboxylic acids is 1. The molecule has 1 atom stereocenters. The van der Waals surface area contributed by atoms with Crippen LogP contribution in [0.4, 0.5) is 0 Å². The molecule has 5 heteroatoms. The summed E-state index contributed by atoms with van der Waals surface area (Å²) in [5.74, 6) is 0.678. The number of benzene rings is 2. The molecule has 25 heavy (non-hydrogen) atoms. The second-order valence-electron chi connectivity index (χ2n) is 6.74. The number of aromatic nitrogens is 1. The van der Waals surface area contributed by atoms with Crippen LogP contribution in [0, 0.1) is 6.92 Å². The molecule has 0 radical (unpaired) electrons. The van der Waals surface area contributed by atoms with Crippen molar-refractivity contribution in [1.82, 2.24) is 4.98 Å². The average Bonchev–Trinajstić information content (AvgIpc) is 2.91. The first-order valence-electron chi connectivity index (χ1n) is 8.16. The molecule has 0 saturated heterocycles. The molecule has 0 fully saturated rings. The zero-order chi connectivity index (χ0) is 17.8. The van der Waals surface area contributed by atoms with E-state index in [1.807, 2.05) is 32.1 Å². The van der Waals surface area contributed by atoms with E-state index in [4.69, 9.17) is 9.47 Å². The third-order valence-electron chi connectivity index (χ3n) is 4.56. The first-order valence-corrected chi connectivity index (χ1v) is 8.16. The minimum atomic E-state index is -0.693. The first kappa shape index (κ1) is 15.6. The van der Waals surface area contributed by atoms with E-state index in [1.54, 1.807) is 12.1 Å². The monoisotopic (exact) mass is 337 g/mol. The molecule has 4 rings (SSSR count). The fraction of sp³-hybridized carbons (Fsp3) is 0.250. The Hall–Kier alpha value is -2.95. The van der Waals surface area contributed by atoms with Crippen molar-refractivity contribution in [2.75, 3.05) is 6.61 Å². The van der Waals surface area contributed by atoms with Gasteiger partial charge in [0.15, 0.2) is 5.60 Å². The van der Waals surface area contributed by atoms with Gasteiger partial charge in [0.25, 0.3) is 0 Å². The number of phenolic OH excluding ortho intramolecular Hbond substituents is 1. The minimum absolute atomic E-state index is 0.163. The van der Waals surface area contributed by atoms with E-state index in [0.717, 1.165) is 38.7 Å². The fourth-order valence-corrected chi connectivity index (χ4v) is 3.32. The zero-order valence-corrected chi connectivity index (χ0v) is 14.3. The fourth-order valence-electron chi connectivity index (χ4n) is 3.32. The van der Waals surface area contributed by atoms with Crippen LogP contribution in [-0.4, -0.2) is 28.3 Å². The number of fused-ring (bicyclic) bond motifs is 5. The van der Waals surface area contributed by atoms with Gasteiger partial charge in [0.05, 0.1) is 11.0 Å². The molecule has 1 aliphatic rings. The van der Waals surface area contributed by atoms with Crippen molar-refractivity contribution in [3.05, 3.63) is 41.5 Å². The smallest absolute Gasteiger partial charge is 0.302 e. The van der Waals surface area contributed by atoms with E-state index in [1.165, 1.54) is 6.92 Å². The third-order valence-corrected chi connectivity index (χ3v) is 4.56. The van der Waals surface area contributed by atoms with Crippen molar-refractivity contribution >= 4 is 33.9 Å². The largest absolute Gasteiger partial charge is 0.508 e. The van der Waals surface area contributed by atoms with Crippen molar-refractivity contribution in [2.45, 2.75) is 26.4 Å². The van der Waals surface area contributed by atoms with Crippen molar-refractivity contribution < 1.29 is 19.4 Å². The molecule has 0 saturated carbocycles. The Bertz CT molecular complexity index is 1050. The van der Waals surface area contributed by atoms with Crippen LogP contribution in [0.3, 0.4) is 0 Å². The average molecular weight is 337 g/mol. The molecule has 0 spiro atoms. The number of aromatic amines is 1. The minimum Gasteiger partial charge on any atom is -0.508 e. The molecule has 2 N–H and O–H groups in total. The normalized spacial score (nSPS) is 19.0. The van der Waals surface area contributed by atoms with Crippen molar-refractivity contribution in [2.24, 2.45) is 0 Å². The number of carbonyl (C=O) groups is 1. The lowest BCUT2D eigenvalue weighted by atomic mass is 9.96. The number of hydrogen-bond donors (Lipinski definition) is 2. The van der Waals surface area contributed by atoms with Crippen molar-refractivity contribution in [3.63, 3.8) is 0 Å². The number of phenols is 1. The van der Waals surface area contributed by atoms with Crippen LogP contribution in [0.1, 0.15) is 25.0 Å². The number of nitrogens with one attached hydrogen (secondary N) is 1. The molecule has 5 nitrogen and oxygen atoms in total. The Morgan fingerprint density at radius 1 is 1.32 bits per heavy atom. The number of H-pyrrole nitrogens is 1. The number of aromatic hydroxyl groups is 1. The predicted molar refractivity (Wildman–Crippen MR) is 96.9 cm³/mol. The number of ether oxygens (including phenoxy) is 2. The molecule has 0 amide bonds.